The van der Waals surface area contributed by atoms with Gasteiger partial charge in [0, 0.05) is 13.1 Å². The van der Waals surface area contributed by atoms with Crippen LogP contribution in [0.3, 0.4) is 0 Å². The molecule has 0 unspecified atom stereocenters. The summed E-state index contributed by atoms with van der Waals surface area (Å²) in [7, 11) is 0. The Morgan fingerprint density at radius 2 is 2.12 bits per heavy atom. The highest BCUT2D eigenvalue weighted by Crippen LogP contribution is 2.11. The molecule has 0 spiro atoms. The second-order valence-corrected chi connectivity index (χ2v) is 4.54. The third kappa shape index (κ3) is 3.17. The van der Waals surface area contributed by atoms with Crippen molar-refractivity contribution in [3.05, 3.63) is 0 Å². The Morgan fingerprint density at radius 1 is 1.38 bits per heavy atom. The van der Waals surface area contributed by atoms with Gasteiger partial charge in [0.05, 0.1) is 12.2 Å². The largest absolute Gasteiger partial charge is 0.391 e. The number of nitrogens with one attached hydrogen (secondary N) is 1. The lowest BCUT2D eigenvalue weighted by Gasteiger charge is -2.24. The number of aliphatic hydroxyl groups is 1. The Labute approximate surface area is 95.8 Å². The van der Waals surface area contributed by atoms with E-state index in [0.717, 1.165) is 25.9 Å². The molecule has 0 radical (unpaired) electrons. The minimum absolute atomic E-state index is 0.00934. The summed E-state index contributed by atoms with van der Waals surface area (Å²) in [6.07, 6.45) is 2.53. The molecule has 92 valence electrons. The molecule has 0 aromatic heterocycles. The molecule has 1 atom stereocenters. The summed E-state index contributed by atoms with van der Waals surface area (Å²) >= 11 is 0. The molecule has 2 rings (SSSR count). The number of hydrogen-bond donors (Lipinski definition) is 2. The summed E-state index contributed by atoms with van der Waals surface area (Å²) in [6.45, 7) is 3.24. The van der Waals surface area contributed by atoms with Crippen LogP contribution in [0.15, 0.2) is 0 Å². The van der Waals surface area contributed by atoms with E-state index in [1.54, 1.807) is 4.90 Å². The van der Waals surface area contributed by atoms with Crippen molar-refractivity contribution < 1.29 is 14.6 Å². The van der Waals surface area contributed by atoms with Crippen LogP contribution in [-0.2, 0) is 9.53 Å². The molecule has 2 saturated heterocycles. The van der Waals surface area contributed by atoms with Gasteiger partial charge >= 0.3 is 0 Å². The predicted molar refractivity (Wildman–Crippen MR) is 59.0 cm³/mol. The van der Waals surface area contributed by atoms with Crippen LogP contribution in [0.1, 0.15) is 19.3 Å². The Hall–Kier alpha value is -0.650. The van der Waals surface area contributed by atoms with Gasteiger partial charge in [0.1, 0.15) is 6.61 Å². The number of β-amino-alcohol motifs (C(OH)–C–C–N with tert-alkyl or cyclic N) is 1. The summed E-state index contributed by atoms with van der Waals surface area (Å²) in [6, 6.07) is 0. The molecule has 0 aliphatic carbocycles. The molecular formula is C11H20N2O3. The lowest BCUT2D eigenvalue weighted by molar-refractivity contribution is -0.138. The minimum Gasteiger partial charge on any atom is -0.391 e. The third-order valence-electron chi connectivity index (χ3n) is 3.24. The maximum absolute atomic E-state index is 11.7. The maximum Gasteiger partial charge on any atom is 0.248 e. The van der Waals surface area contributed by atoms with Gasteiger partial charge in [-0.25, -0.2) is 0 Å². The lowest BCUT2D eigenvalue weighted by Crippen LogP contribution is -2.37. The van der Waals surface area contributed by atoms with Crippen LogP contribution in [0, 0.1) is 0 Å². The fourth-order valence-corrected chi connectivity index (χ4v) is 2.21. The number of likely N-dealkylation sites (tertiary alicyclic amines) is 1. The van der Waals surface area contributed by atoms with E-state index in [-0.39, 0.29) is 24.7 Å². The van der Waals surface area contributed by atoms with Gasteiger partial charge in [0.15, 0.2) is 0 Å². The molecule has 16 heavy (non-hydrogen) atoms. The molecule has 2 aliphatic heterocycles. The van der Waals surface area contributed by atoms with E-state index in [2.05, 4.69) is 5.32 Å². The lowest BCUT2D eigenvalue weighted by atomic mass is 10.1. The van der Waals surface area contributed by atoms with Crippen molar-refractivity contribution in [1.82, 2.24) is 10.2 Å². The highest BCUT2D eigenvalue weighted by Gasteiger charge is 2.25. The van der Waals surface area contributed by atoms with E-state index in [1.165, 1.54) is 0 Å². The molecular weight excluding hydrogens is 208 g/mol. The average Bonchev–Trinajstić information content (AvgIpc) is 2.74. The monoisotopic (exact) mass is 228 g/mol. The van der Waals surface area contributed by atoms with Crippen LogP contribution in [0.5, 0.6) is 0 Å². The summed E-state index contributed by atoms with van der Waals surface area (Å²) in [5.41, 5.74) is 0. The third-order valence-corrected chi connectivity index (χ3v) is 3.24. The standard InChI is InChI=1S/C11H20N2O3/c14-9-3-6-13(7-9)11(15)8-16-10-1-4-12-5-2-10/h9-10,12,14H,1-8H2/t9-/m1/s1. The van der Waals surface area contributed by atoms with Crippen LogP contribution in [0.25, 0.3) is 0 Å². The first-order valence-electron chi connectivity index (χ1n) is 6.04. The number of carbonyl (C=O) groups excluding carboxylic acids is 1. The molecule has 5 heteroatoms. The van der Waals surface area contributed by atoms with E-state index < -0.39 is 0 Å². The fraction of sp³-hybridized carbons (Fsp3) is 0.909. The molecule has 5 nitrogen and oxygen atoms in total. The molecule has 0 aromatic rings. The van der Waals surface area contributed by atoms with Crippen LogP contribution in [-0.4, -0.2) is 60.9 Å². The number of rotatable bonds is 3. The van der Waals surface area contributed by atoms with E-state index in [9.17, 15) is 9.90 Å². The number of carbonyl (C=O) groups is 1. The summed E-state index contributed by atoms with van der Waals surface area (Å²) in [5.74, 6) is 0.00934. The zero-order valence-corrected chi connectivity index (χ0v) is 9.52. The zero-order valence-electron chi connectivity index (χ0n) is 9.52. The first-order chi connectivity index (χ1) is 7.75. The number of aliphatic hydroxyl groups excluding tert-OH is 1. The number of piperidine rings is 1. The second-order valence-electron chi connectivity index (χ2n) is 4.54. The van der Waals surface area contributed by atoms with Gasteiger partial charge < -0.3 is 20.1 Å². The Morgan fingerprint density at radius 3 is 2.75 bits per heavy atom. The van der Waals surface area contributed by atoms with Gasteiger partial charge in [-0.05, 0) is 32.4 Å². The number of hydrogen-bond acceptors (Lipinski definition) is 4. The van der Waals surface area contributed by atoms with Gasteiger partial charge in [-0.3, -0.25) is 4.79 Å². The van der Waals surface area contributed by atoms with Crippen LogP contribution >= 0.6 is 0 Å². The molecule has 2 fully saturated rings. The highest BCUT2D eigenvalue weighted by molar-refractivity contribution is 5.77. The SMILES string of the molecule is O=C(COC1CCNCC1)N1CC[C@@H](O)C1. The molecule has 2 aliphatic rings. The second kappa shape index (κ2) is 5.61. The van der Waals surface area contributed by atoms with Gasteiger partial charge in [-0.1, -0.05) is 0 Å². The topological polar surface area (TPSA) is 61.8 Å². The molecule has 0 saturated carbocycles. The van der Waals surface area contributed by atoms with Crippen molar-refractivity contribution in [2.45, 2.75) is 31.5 Å². The van der Waals surface area contributed by atoms with Crippen molar-refractivity contribution >= 4 is 5.91 Å². The predicted octanol–water partition coefficient (Wildman–Crippen LogP) is -0.652. The maximum atomic E-state index is 11.7. The van der Waals surface area contributed by atoms with Crippen molar-refractivity contribution in [1.29, 1.82) is 0 Å². The molecule has 2 heterocycles. The number of amides is 1. The Kier molecular flexibility index (Phi) is 4.15. The van der Waals surface area contributed by atoms with Gasteiger partial charge in [0.25, 0.3) is 0 Å². The molecule has 1 amide bonds. The molecule has 0 aromatic carbocycles. The van der Waals surface area contributed by atoms with E-state index in [4.69, 9.17) is 4.74 Å². The quantitative estimate of drug-likeness (QED) is 0.674. The summed E-state index contributed by atoms with van der Waals surface area (Å²) in [4.78, 5) is 13.4. The van der Waals surface area contributed by atoms with Gasteiger partial charge in [0.2, 0.25) is 5.91 Å². The fourth-order valence-electron chi connectivity index (χ4n) is 2.21. The van der Waals surface area contributed by atoms with Gasteiger partial charge in [-0.15, -0.1) is 0 Å². The van der Waals surface area contributed by atoms with Crippen LogP contribution < -0.4 is 5.32 Å². The van der Waals surface area contributed by atoms with E-state index >= 15 is 0 Å². The van der Waals surface area contributed by atoms with Crippen molar-refractivity contribution in [2.24, 2.45) is 0 Å². The summed E-state index contributed by atoms with van der Waals surface area (Å²) < 4.78 is 5.58. The zero-order chi connectivity index (χ0) is 11.4. The van der Waals surface area contributed by atoms with Crippen LogP contribution in [0.4, 0.5) is 0 Å². The minimum atomic E-state index is -0.345. The Balaban J connectivity index is 1.67. The van der Waals surface area contributed by atoms with Crippen molar-refractivity contribution in [3.63, 3.8) is 0 Å². The van der Waals surface area contributed by atoms with Gasteiger partial charge in [-0.2, -0.15) is 0 Å². The molecule has 0 bridgehead atoms. The van der Waals surface area contributed by atoms with E-state index in [1.807, 2.05) is 0 Å². The first-order valence-corrected chi connectivity index (χ1v) is 6.04. The molecule has 2 N–H and O–H groups in total. The first kappa shape index (κ1) is 11.8. The average molecular weight is 228 g/mol. The van der Waals surface area contributed by atoms with E-state index in [0.29, 0.717) is 19.5 Å². The highest BCUT2D eigenvalue weighted by atomic mass is 16.5. The number of ether oxygens (including phenoxy) is 1. The summed E-state index contributed by atoms with van der Waals surface area (Å²) in [5, 5.41) is 12.6. The normalized spacial score (nSPS) is 27.3. The van der Waals surface area contributed by atoms with Crippen LogP contribution in [0.2, 0.25) is 0 Å². The van der Waals surface area contributed by atoms with Crippen molar-refractivity contribution in [2.75, 3.05) is 32.8 Å². The smallest absolute Gasteiger partial charge is 0.248 e. The Bertz CT molecular complexity index is 241. The number of nitrogens with zero attached hydrogens (tertiary/aromatic N) is 1. The van der Waals surface area contributed by atoms with Crippen molar-refractivity contribution in [3.8, 4) is 0 Å².